The number of hydrogen-bond acceptors (Lipinski definition) is 4. The first-order valence-corrected chi connectivity index (χ1v) is 10.7. The lowest BCUT2D eigenvalue weighted by Crippen LogP contribution is -2.33. The Hall–Kier alpha value is -3.80. The van der Waals surface area contributed by atoms with Gasteiger partial charge in [-0.25, -0.2) is 0 Å². The van der Waals surface area contributed by atoms with Gasteiger partial charge in [-0.2, -0.15) is 0 Å². The lowest BCUT2D eigenvalue weighted by atomic mass is 10.1. The minimum absolute atomic E-state index is 0.308. The predicted octanol–water partition coefficient (Wildman–Crippen LogP) is 5.44. The molecule has 0 fully saturated rings. The molecule has 0 spiro atoms. The summed E-state index contributed by atoms with van der Waals surface area (Å²) in [6.07, 6.45) is -0.195. The van der Waals surface area contributed by atoms with Gasteiger partial charge in [-0.05, 0) is 68.3 Å². The highest BCUT2D eigenvalue weighted by Crippen LogP contribution is 2.22. The van der Waals surface area contributed by atoms with Crippen molar-refractivity contribution in [3.63, 3.8) is 0 Å². The van der Waals surface area contributed by atoms with Crippen LogP contribution in [0.4, 0.5) is 11.4 Å². The number of aryl methyl sites for hydroxylation is 1. The Kier molecular flexibility index (Phi) is 7.86. The third-order valence-corrected chi connectivity index (χ3v) is 4.88. The first-order chi connectivity index (χ1) is 15.5. The van der Waals surface area contributed by atoms with Crippen LogP contribution in [0.2, 0.25) is 0 Å². The van der Waals surface area contributed by atoms with Gasteiger partial charge in [-0.1, -0.05) is 37.3 Å². The van der Waals surface area contributed by atoms with E-state index in [1.54, 1.807) is 48.5 Å². The Balaban J connectivity index is 1.71. The van der Waals surface area contributed by atoms with Crippen molar-refractivity contribution in [2.75, 3.05) is 17.2 Å². The van der Waals surface area contributed by atoms with Crippen LogP contribution in [0.1, 0.15) is 36.2 Å². The average molecular weight is 433 g/mol. The smallest absolute Gasteiger partial charge is 0.265 e. The van der Waals surface area contributed by atoms with E-state index in [2.05, 4.69) is 10.6 Å². The van der Waals surface area contributed by atoms with E-state index in [1.165, 1.54) is 0 Å². The molecule has 6 nitrogen and oxygen atoms in total. The van der Waals surface area contributed by atoms with E-state index in [9.17, 15) is 9.59 Å². The topological polar surface area (TPSA) is 76.7 Å². The maximum atomic E-state index is 12.9. The summed E-state index contributed by atoms with van der Waals surface area (Å²) in [6.45, 7) is 6.30. The quantitative estimate of drug-likeness (QED) is 0.472. The van der Waals surface area contributed by atoms with Gasteiger partial charge in [0.15, 0.2) is 6.10 Å². The number of para-hydroxylation sites is 2. The number of benzene rings is 3. The molecule has 0 heterocycles. The lowest BCUT2D eigenvalue weighted by molar-refractivity contribution is -0.122. The molecule has 3 aromatic rings. The molecule has 0 bridgehead atoms. The van der Waals surface area contributed by atoms with Crippen molar-refractivity contribution in [2.45, 2.75) is 33.3 Å². The number of amides is 2. The average Bonchev–Trinajstić information content (AvgIpc) is 2.80. The molecule has 0 saturated carbocycles. The van der Waals surface area contributed by atoms with E-state index in [4.69, 9.17) is 9.47 Å². The lowest BCUT2D eigenvalue weighted by Gasteiger charge is -2.19. The molecule has 6 heteroatoms. The largest absolute Gasteiger partial charge is 0.494 e. The van der Waals surface area contributed by atoms with Crippen LogP contribution in [0, 0.1) is 6.92 Å². The zero-order valence-electron chi connectivity index (χ0n) is 18.6. The van der Waals surface area contributed by atoms with Gasteiger partial charge in [-0.15, -0.1) is 0 Å². The van der Waals surface area contributed by atoms with Crippen LogP contribution in [0.15, 0.2) is 72.8 Å². The second-order valence-electron chi connectivity index (χ2n) is 7.23. The third kappa shape index (κ3) is 5.88. The predicted molar refractivity (Wildman–Crippen MR) is 127 cm³/mol. The number of carbonyl (C=O) groups excluding carboxylic acids is 2. The van der Waals surface area contributed by atoms with Crippen LogP contribution >= 0.6 is 0 Å². The van der Waals surface area contributed by atoms with E-state index in [-0.39, 0.29) is 11.8 Å². The van der Waals surface area contributed by atoms with Gasteiger partial charge in [0.25, 0.3) is 11.8 Å². The molecule has 0 aliphatic heterocycles. The molecule has 0 aliphatic carbocycles. The Morgan fingerprint density at radius 2 is 1.56 bits per heavy atom. The maximum Gasteiger partial charge on any atom is 0.265 e. The number of carbonyl (C=O) groups is 2. The van der Waals surface area contributed by atoms with Crippen LogP contribution < -0.4 is 20.1 Å². The highest BCUT2D eigenvalue weighted by atomic mass is 16.5. The molecule has 0 radical (unpaired) electrons. The van der Waals surface area contributed by atoms with Gasteiger partial charge in [0, 0.05) is 5.69 Å². The monoisotopic (exact) mass is 432 g/mol. The van der Waals surface area contributed by atoms with Crippen molar-refractivity contribution in [3.8, 4) is 11.5 Å². The van der Waals surface area contributed by atoms with Crippen molar-refractivity contribution in [2.24, 2.45) is 0 Å². The van der Waals surface area contributed by atoms with E-state index < -0.39 is 6.10 Å². The van der Waals surface area contributed by atoms with Crippen LogP contribution in [-0.4, -0.2) is 24.5 Å². The first kappa shape index (κ1) is 22.9. The zero-order valence-corrected chi connectivity index (χ0v) is 18.6. The molecule has 1 atom stereocenters. The van der Waals surface area contributed by atoms with E-state index in [0.717, 1.165) is 11.3 Å². The minimum Gasteiger partial charge on any atom is -0.494 e. The summed E-state index contributed by atoms with van der Waals surface area (Å²) >= 11 is 0. The van der Waals surface area contributed by atoms with Gasteiger partial charge in [0.2, 0.25) is 0 Å². The van der Waals surface area contributed by atoms with Crippen LogP contribution in [0.25, 0.3) is 0 Å². The summed E-state index contributed by atoms with van der Waals surface area (Å²) in [5, 5.41) is 5.70. The Bertz CT molecular complexity index is 1060. The Morgan fingerprint density at radius 3 is 2.25 bits per heavy atom. The Morgan fingerprint density at radius 1 is 0.875 bits per heavy atom. The van der Waals surface area contributed by atoms with E-state index in [0.29, 0.717) is 35.7 Å². The van der Waals surface area contributed by atoms with E-state index in [1.807, 2.05) is 45.0 Å². The molecule has 0 aromatic heterocycles. The molecule has 2 N–H and O–H groups in total. The summed E-state index contributed by atoms with van der Waals surface area (Å²) in [5.74, 6) is 0.767. The molecule has 32 heavy (non-hydrogen) atoms. The van der Waals surface area contributed by atoms with Gasteiger partial charge >= 0.3 is 0 Å². The summed E-state index contributed by atoms with van der Waals surface area (Å²) in [6, 6.07) is 21.6. The van der Waals surface area contributed by atoms with Crippen LogP contribution in [0.5, 0.6) is 11.5 Å². The van der Waals surface area contributed by atoms with Gasteiger partial charge in [-0.3, -0.25) is 9.59 Å². The first-order valence-electron chi connectivity index (χ1n) is 10.7. The molecular formula is C26H28N2O4. The molecule has 0 saturated heterocycles. The van der Waals surface area contributed by atoms with Crippen LogP contribution in [-0.2, 0) is 4.79 Å². The summed E-state index contributed by atoms with van der Waals surface area (Å²) in [4.78, 5) is 25.8. The standard InChI is InChI=1S/C26H28N2O4/c1-4-23(32-24-13-9-6-10-18(24)3)26(30)28-22-12-8-7-11-21(22)25(29)27-19-14-16-20(17-15-19)31-5-2/h6-17,23H,4-5H2,1-3H3,(H,27,29)(H,28,30). The molecular weight excluding hydrogens is 404 g/mol. The second-order valence-corrected chi connectivity index (χ2v) is 7.23. The fraction of sp³-hybridized carbons (Fsp3) is 0.231. The molecule has 3 aromatic carbocycles. The fourth-order valence-corrected chi connectivity index (χ4v) is 3.17. The normalized spacial score (nSPS) is 11.3. The zero-order chi connectivity index (χ0) is 22.9. The van der Waals surface area contributed by atoms with E-state index >= 15 is 0 Å². The minimum atomic E-state index is -0.682. The molecule has 3 rings (SSSR count). The molecule has 2 amide bonds. The van der Waals surface area contributed by atoms with Crippen LogP contribution in [0.3, 0.4) is 0 Å². The van der Waals surface area contributed by atoms with Gasteiger partial charge in [0.05, 0.1) is 17.9 Å². The van der Waals surface area contributed by atoms with Crippen molar-refractivity contribution in [1.82, 2.24) is 0 Å². The fourth-order valence-electron chi connectivity index (χ4n) is 3.17. The molecule has 0 aliphatic rings. The van der Waals surface area contributed by atoms with Crippen molar-refractivity contribution >= 4 is 23.2 Å². The Labute approximate surface area is 188 Å². The van der Waals surface area contributed by atoms with Gasteiger partial charge in [0.1, 0.15) is 11.5 Å². The van der Waals surface area contributed by atoms with Crippen molar-refractivity contribution in [1.29, 1.82) is 0 Å². The maximum absolute atomic E-state index is 12.9. The number of ether oxygens (including phenoxy) is 2. The van der Waals surface area contributed by atoms with Crippen molar-refractivity contribution < 1.29 is 19.1 Å². The van der Waals surface area contributed by atoms with Crippen molar-refractivity contribution in [3.05, 3.63) is 83.9 Å². The third-order valence-electron chi connectivity index (χ3n) is 4.88. The second kappa shape index (κ2) is 11.0. The molecule has 166 valence electrons. The number of hydrogen-bond donors (Lipinski definition) is 2. The SMILES string of the molecule is CCOc1ccc(NC(=O)c2ccccc2NC(=O)C(CC)Oc2ccccc2C)cc1. The summed E-state index contributed by atoms with van der Waals surface area (Å²) in [5.41, 5.74) is 2.37. The number of nitrogens with one attached hydrogen (secondary N) is 2. The highest BCUT2D eigenvalue weighted by Gasteiger charge is 2.21. The number of anilines is 2. The highest BCUT2D eigenvalue weighted by molar-refractivity contribution is 6.10. The number of rotatable bonds is 9. The summed E-state index contributed by atoms with van der Waals surface area (Å²) in [7, 11) is 0. The summed E-state index contributed by atoms with van der Waals surface area (Å²) < 4.78 is 11.4. The van der Waals surface area contributed by atoms with Gasteiger partial charge < -0.3 is 20.1 Å². The molecule has 1 unspecified atom stereocenters.